The average Bonchev–Trinajstić information content (AvgIpc) is 2.67. The maximum absolute atomic E-state index is 13.1. The molecular formula is C19H22ClN3O3S2. The molecule has 1 amide bonds. The molecule has 28 heavy (non-hydrogen) atoms. The van der Waals surface area contributed by atoms with E-state index in [0.717, 1.165) is 10.6 Å². The lowest BCUT2D eigenvalue weighted by Crippen LogP contribution is -2.48. The third-order valence-corrected chi connectivity index (χ3v) is 7.46. The lowest BCUT2D eigenvalue weighted by Gasteiger charge is -2.35. The molecule has 1 aliphatic heterocycles. The second-order valence-corrected chi connectivity index (χ2v) is 9.64. The van der Waals surface area contributed by atoms with Crippen molar-refractivity contribution in [2.45, 2.75) is 16.7 Å². The average molecular weight is 440 g/mol. The zero-order valence-electron chi connectivity index (χ0n) is 15.7. The number of halogens is 1. The van der Waals surface area contributed by atoms with E-state index in [1.807, 2.05) is 30.5 Å². The van der Waals surface area contributed by atoms with Crippen molar-refractivity contribution in [1.82, 2.24) is 4.31 Å². The fraction of sp³-hybridized carbons (Fsp3) is 0.316. The van der Waals surface area contributed by atoms with Gasteiger partial charge in [-0.05, 0) is 42.7 Å². The number of hydrogen-bond acceptors (Lipinski definition) is 5. The first kappa shape index (κ1) is 21.0. The summed E-state index contributed by atoms with van der Waals surface area (Å²) in [5.74, 6) is -0.236. The van der Waals surface area contributed by atoms with Crippen molar-refractivity contribution in [3.05, 3.63) is 47.5 Å². The normalized spacial score (nSPS) is 15.5. The van der Waals surface area contributed by atoms with Crippen LogP contribution >= 0.6 is 23.4 Å². The number of anilines is 2. The summed E-state index contributed by atoms with van der Waals surface area (Å²) in [5, 5.41) is 3.37. The van der Waals surface area contributed by atoms with Crippen LogP contribution in [0.15, 0.2) is 52.3 Å². The molecule has 1 N–H and O–H groups in total. The van der Waals surface area contributed by atoms with E-state index < -0.39 is 10.0 Å². The molecule has 3 rings (SSSR count). The summed E-state index contributed by atoms with van der Waals surface area (Å²) in [6.07, 6.45) is 1.88. The van der Waals surface area contributed by atoms with Crippen LogP contribution in [0.2, 0.25) is 5.02 Å². The summed E-state index contributed by atoms with van der Waals surface area (Å²) in [7, 11) is -3.64. The Kier molecular flexibility index (Phi) is 6.54. The topological polar surface area (TPSA) is 69.7 Å². The lowest BCUT2D eigenvalue weighted by molar-refractivity contribution is -0.114. The van der Waals surface area contributed by atoms with Crippen LogP contribution in [-0.4, -0.2) is 51.1 Å². The minimum absolute atomic E-state index is 0.185. The summed E-state index contributed by atoms with van der Waals surface area (Å²) in [5.41, 5.74) is 1.50. The highest BCUT2D eigenvalue weighted by molar-refractivity contribution is 7.98. The van der Waals surface area contributed by atoms with Gasteiger partial charge in [-0.1, -0.05) is 17.7 Å². The van der Waals surface area contributed by atoms with E-state index in [1.165, 1.54) is 29.1 Å². The van der Waals surface area contributed by atoms with Crippen LogP contribution in [-0.2, 0) is 14.8 Å². The Hall–Kier alpha value is -1.74. The highest BCUT2D eigenvalue weighted by atomic mass is 35.5. The molecule has 0 aromatic heterocycles. The summed E-state index contributed by atoms with van der Waals surface area (Å²) >= 11 is 7.51. The number of hydrogen-bond donors (Lipinski definition) is 1. The number of nitrogens with one attached hydrogen (secondary N) is 1. The number of carbonyl (C=O) groups excluding carboxylic acids is 1. The molecule has 2 aromatic rings. The van der Waals surface area contributed by atoms with Gasteiger partial charge in [-0.3, -0.25) is 4.79 Å². The van der Waals surface area contributed by atoms with Gasteiger partial charge in [0.15, 0.2) is 0 Å². The standard InChI is InChI=1S/C19H22ClN3O3S2/c1-14(24)21-18-13-17(6-7-19(18)27-2)28(25,26)23-10-8-22(9-11-23)16-5-3-4-15(20)12-16/h3-7,12-13H,8-11H2,1-2H3,(H,21,24). The van der Waals surface area contributed by atoms with Crippen molar-refractivity contribution >= 4 is 50.7 Å². The lowest BCUT2D eigenvalue weighted by atomic mass is 10.2. The van der Waals surface area contributed by atoms with Crippen LogP contribution in [0.25, 0.3) is 0 Å². The second-order valence-electron chi connectivity index (χ2n) is 6.41. The van der Waals surface area contributed by atoms with E-state index >= 15 is 0 Å². The molecular weight excluding hydrogens is 418 g/mol. The van der Waals surface area contributed by atoms with Gasteiger partial charge < -0.3 is 10.2 Å². The maximum atomic E-state index is 13.1. The predicted molar refractivity (Wildman–Crippen MR) is 115 cm³/mol. The minimum atomic E-state index is -3.64. The van der Waals surface area contributed by atoms with Gasteiger partial charge in [0.1, 0.15) is 0 Å². The van der Waals surface area contributed by atoms with E-state index in [9.17, 15) is 13.2 Å². The number of carbonyl (C=O) groups is 1. The Morgan fingerprint density at radius 2 is 1.82 bits per heavy atom. The van der Waals surface area contributed by atoms with Gasteiger partial charge in [0.05, 0.1) is 10.6 Å². The fourth-order valence-electron chi connectivity index (χ4n) is 3.14. The van der Waals surface area contributed by atoms with E-state index in [1.54, 1.807) is 12.1 Å². The largest absolute Gasteiger partial charge is 0.369 e. The third-order valence-electron chi connectivity index (χ3n) is 4.53. The van der Waals surface area contributed by atoms with Crippen LogP contribution < -0.4 is 10.2 Å². The highest BCUT2D eigenvalue weighted by Gasteiger charge is 2.29. The number of sulfonamides is 1. The molecule has 6 nitrogen and oxygen atoms in total. The van der Waals surface area contributed by atoms with Crippen LogP contribution in [0.5, 0.6) is 0 Å². The molecule has 0 atom stereocenters. The molecule has 0 saturated carbocycles. The molecule has 1 fully saturated rings. The Balaban J connectivity index is 1.78. The first-order valence-corrected chi connectivity index (χ1v) is 11.8. The van der Waals surface area contributed by atoms with Crippen LogP contribution in [0.1, 0.15) is 6.92 Å². The maximum Gasteiger partial charge on any atom is 0.243 e. The number of thioether (sulfide) groups is 1. The van der Waals surface area contributed by atoms with Gasteiger partial charge in [-0.15, -0.1) is 11.8 Å². The Morgan fingerprint density at radius 1 is 1.11 bits per heavy atom. The van der Waals surface area contributed by atoms with Crippen molar-refractivity contribution in [2.24, 2.45) is 0 Å². The second kappa shape index (κ2) is 8.73. The minimum Gasteiger partial charge on any atom is -0.369 e. The molecule has 0 radical (unpaired) electrons. The number of benzene rings is 2. The van der Waals surface area contributed by atoms with Crippen LogP contribution in [0.4, 0.5) is 11.4 Å². The van der Waals surface area contributed by atoms with Gasteiger partial charge in [-0.25, -0.2) is 8.42 Å². The molecule has 0 spiro atoms. The first-order valence-electron chi connectivity index (χ1n) is 8.77. The summed E-state index contributed by atoms with van der Waals surface area (Å²) in [6, 6.07) is 12.4. The number of rotatable bonds is 5. The van der Waals surface area contributed by atoms with Gasteiger partial charge in [0, 0.05) is 48.7 Å². The van der Waals surface area contributed by atoms with Gasteiger partial charge in [0.25, 0.3) is 0 Å². The van der Waals surface area contributed by atoms with Crippen molar-refractivity contribution < 1.29 is 13.2 Å². The molecule has 0 bridgehead atoms. The molecule has 1 heterocycles. The predicted octanol–water partition coefficient (Wildman–Crippen LogP) is 3.53. The Bertz CT molecular complexity index is 974. The molecule has 0 unspecified atom stereocenters. The van der Waals surface area contributed by atoms with Crippen molar-refractivity contribution in [1.29, 1.82) is 0 Å². The van der Waals surface area contributed by atoms with E-state index in [2.05, 4.69) is 10.2 Å². The Morgan fingerprint density at radius 3 is 2.43 bits per heavy atom. The van der Waals surface area contributed by atoms with Gasteiger partial charge in [0.2, 0.25) is 15.9 Å². The number of piperazine rings is 1. The summed E-state index contributed by atoms with van der Waals surface area (Å²) in [6.45, 7) is 3.34. The van der Waals surface area contributed by atoms with E-state index in [0.29, 0.717) is 36.9 Å². The quantitative estimate of drug-likeness (QED) is 0.721. The SMILES string of the molecule is CSc1ccc(S(=O)(=O)N2CCN(c3cccc(Cl)c3)CC2)cc1NC(C)=O. The smallest absolute Gasteiger partial charge is 0.243 e. The number of amides is 1. The Labute approximate surface area is 174 Å². The number of nitrogens with zero attached hydrogens (tertiary/aromatic N) is 2. The zero-order valence-corrected chi connectivity index (χ0v) is 18.1. The van der Waals surface area contributed by atoms with Crippen LogP contribution in [0.3, 0.4) is 0 Å². The molecule has 1 aliphatic rings. The van der Waals surface area contributed by atoms with E-state index in [4.69, 9.17) is 11.6 Å². The molecule has 150 valence electrons. The molecule has 2 aromatic carbocycles. The van der Waals surface area contributed by atoms with Crippen molar-refractivity contribution in [3.8, 4) is 0 Å². The first-order chi connectivity index (χ1) is 13.3. The molecule has 0 aliphatic carbocycles. The molecule has 1 saturated heterocycles. The van der Waals surface area contributed by atoms with Crippen molar-refractivity contribution in [2.75, 3.05) is 42.7 Å². The van der Waals surface area contributed by atoms with Gasteiger partial charge in [-0.2, -0.15) is 4.31 Å². The van der Waals surface area contributed by atoms with Gasteiger partial charge >= 0.3 is 0 Å². The molecule has 9 heteroatoms. The van der Waals surface area contributed by atoms with Crippen LogP contribution in [0, 0.1) is 0 Å². The zero-order chi connectivity index (χ0) is 20.3. The monoisotopic (exact) mass is 439 g/mol. The summed E-state index contributed by atoms with van der Waals surface area (Å²) in [4.78, 5) is 14.6. The summed E-state index contributed by atoms with van der Waals surface area (Å²) < 4.78 is 27.7. The highest BCUT2D eigenvalue weighted by Crippen LogP contribution is 2.30. The van der Waals surface area contributed by atoms with Crippen molar-refractivity contribution in [3.63, 3.8) is 0 Å². The van der Waals surface area contributed by atoms with E-state index in [-0.39, 0.29) is 10.8 Å². The third kappa shape index (κ3) is 4.63. The fourth-order valence-corrected chi connectivity index (χ4v) is 5.31.